The Morgan fingerprint density at radius 3 is 2.48 bits per heavy atom. The van der Waals surface area contributed by atoms with Gasteiger partial charge in [0.2, 0.25) is 15.9 Å². The monoisotopic (exact) mass is 428 g/mol. The second-order valence-corrected chi connectivity index (χ2v) is 8.69. The van der Waals surface area contributed by atoms with Crippen molar-refractivity contribution in [2.45, 2.75) is 25.7 Å². The van der Waals surface area contributed by atoms with Crippen molar-refractivity contribution in [3.63, 3.8) is 0 Å². The van der Waals surface area contributed by atoms with Crippen LogP contribution in [-0.2, 0) is 34.2 Å². The summed E-state index contributed by atoms with van der Waals surface area (Å²) >= 11 is 0. The number of sulfonamides is 1. The van der Waals surface area contributed by atoms with Gasteiger partial charge in [0.15, 0.2) is 0 Å². The highest BCUT2D eigenvalue weighted by molar-refractivity contribution is 7.88. The quantitative estimate of drug-likeness (QED) is 0.794. The van der Waals surface area contributed by atoms with Crippen molar-refractivity contribution >= 4 is 21.6 Å². The lowest BCUT2D eigenvalue weighted by atomic mass is 9.99. The van der Waals surface area contributed by atoms with Gasteiger partial charge in [-0.1, -0.05) is 24.3 Å². The highest BCUT2D eigenvalue weighted by Gasteiger charge is 2.31. The molecule has 1 aliphatic rings. The normalized spacial score (nSPS) is 14.9. The van der Waals surface area contributed by atoms with Crippen LogP contribution in [0.5, 0.6) is 5.75 Å². The molecule has 0 radical (unpaired) electrons. The number of ether oxygens (including phenoxy) is 1. The lowest BCUT2D eigenvalue weighted by Crippen LogP contribution is -2.35. The summed E-state index contributed by atoms with van der Waals surface area (Å²) < 4.78 is 65.3. The van der Waals surface area contributed by atoms with Crippen molar-refractivity contribution in [3.05, 3.63) is 59.2 Å². The molecule has 1 amide bonds. The number of nitrogens with zero attached hydrogens (tertiary/aromatic N) is 1. The second-order valence-electron chi connectivity index (χ2n) is 6.71. The molecule has 2 aromatic rings. The van der Waals surface area contributed by atoms with Gasteiger partial charge in [0.25, 0.3) is 0 Å². The molecule has 0 saturated carbocycles. The molecular formula is C19H19F3N2O4S. The lowest BCUT2D eigenvalue weighted by Gasteiger charge is -2.28. The third kappa shape index (κ3) is 5.70. The number of hydrogen-bond acceptors (Lipinski definition) is 4. The van der Waals surface area contributed by atoms with Gasteiger partial charge in [-0.3, -0.25) is 4.79 Å². The summed E-state index contributed by atoms with van der Waals surface area (Å²) in [6.07, 6.45) is -3.15. The van der Waals surface area contributed by atoms with Crippen molar-refractivity contribution in [2.24, 2.45) is 0 Å². The predicted molar refractivity (Wildman–Crippen MR) is 101 cm³/mol. The SMILES string of the molecule is CS(=O)(=O)N1CCc2c(cccc2NC(=O)Cc2ccc(OC(F)(F)F)cc2)C1. The number of hydrogen-bond donors (Lipinski definition) is 1. The van der Waals surface area contributed by atoms with E-state index in [4.69, 9.17) is 0 Å². The van der Waals surface area contributed by atoms with Gasteiger partial charge in [-0.25, -0.2) is 8.42 Å². The van der Waals surface area contributed by atoms with Gasteiger partial charge < -0.3 is 10.1 Å². The minimum absolute atomic E-state index is 0.0224. The number of benzene rings is 2. The van der Waals surface area contributed by atoms with Crippen molar-refractivity contribution in [3.8, 4) is 5.75 Å². The standard InChI is InChI=1S/C19H19F3N2O4S/c1-29(26,27)24-10-9-16-14(12-24)3-2-4-17(16)23-18(25)11-13-5-7-15(8-6-13)28-19(20,21)22/h2-8H,9-12H2,1H3,(H,23,25). The van der Waals surface area contributed by atoms with Crippen LogP contribution in [-0.4, -0.2) is 37.8 Å². The van der Waals surface area contributed by atoms with E-state index in [0.717, 1.165) is 29.5 Å². The first-order valence-electron chi connectivity index (χ1n) is 8.72. The Hall–Kier alpha value is -2.59. The van der Waals surface area contributed by atoms with Crippen LogP contribution in [0, 0.1) is 0 Å². The molecule has 29 heavy (non-hydrogen) atoms. The Labute approximate surface area is 166 Å². The fraction of sp³-hybridized carbons (Fsp3) is 0.316. The third-order valence-electron chi connectivity index (χ3n) is 4.50. The van der Waals surface area contributed by atoms with Crippen molar-refractivity contribution < 1.29 is 31.1 Å². The number of amides is 1. The molecule has 10 heteroatoms. The molecule has 0 bridgehead atoms. The summed E-state index contributed by atoms with van der Waals surface area (Å²) in [5.41, 5.74) is 2.85. The van der Waals surface area contributed by atoms with Crippen LogP contribution in [0.3, 0.4) is 0 Å². The molecule has 0 fully saturated rings. The zero-order chi connectivity index (χ0) is 21.2. The van der Waals surface area contributed by atoms with E-state index in [1.54, 1.807) is 12.1 Å². The topological polar surface area (TPSA) is 75.7 Å². The van der Waals surface area contributed by atoms with Crippen LogP contribution < -0.4 is 10.1 Å². The summed E-state index contributed by atoms with van der Waals surface area (Å²) in [5, 5.41) is 2.81. The van der Waals surface area contributed by atoms with E-state index >= 15 is 0 Å². The highest BCUT2D eigenvalue weighted by atomic mass is 32.2. The van der Waals surface area contributed by atoms with E-state index in [1.165, 1.54) is 16.4 Å². The molecular weight excluding hydrogens is 409 g/mol. The minimum atomic E-state index is -4.77. The van der Waals surface area contributed by atoms with E-state index in [9.17, 15) is 26.4 Å². The third-order valence-corrected chi connectivity index (χ3v) is 5.75. The average molecular weight is 428 g/mol. The first-order chi connectivity index (χ1) is 13.5. The number of fused-ring (bicyclic) bond motifs is 1. The van der Waals surface area contributed by atoms with E-state index in [0.29, 0.717) is 24.2 Å². The first kappa shape index (κ1) is 21.1. The fourth-order valence-corrected chi connectivity index (χ4v) is 3.97. The molecule has 0 atom stereocenters. The number of carbonyl (C=O) groups is 1. The molecule has 0 aliphatic carbocycles. The number of rotatable bonds is 5. The lowest BCUT2D eigenvalue weighted by molar-refractivity contribution is -0.274. The van der Waals surface area contributed by atoms with E-state index in [1.807, 2.05) is 6.07 Å². The van der Waals surface area contributed by atoms with E-state index in [2.05, 4.69) is 10.1 Å². The molecule has 0 spiro atoms. The molecule has 156 valence electrons. The summed E-state index contributed by atoms with van der Waals surface area (Å²) in [5.74, 6) is -0.678. The minimum Gasteiger partial charge on any atom is -0.406 e. The Balaban J connectivity index is 1.66. The van der Waals surface area contributed by atoms with Crippen LogP contribution in [0.25, 0.3) is 0 Å². The molecule has 2 aromatic carbocycles. The maximum absolute atomic E-state index is 12.4. The van der Waals surface area contributed by atoms with Crippen molar-refractivity contribution in [2.75, 3.05) is 18.1 Å². The van der Waals surface area contributed by atoms with Crippen LogP contribution in [0.4, 0.5) is 18.9 Å². The van der Waals surface area contributed by atoms with Crippen molar-refractivity contribution in [1.29, 1.82) is 0 Å². The molecule has 0 unspecified atom stereocenters. The number of carbonyl (C=O) groups excluding carboxylic acids is 1. The molecule has 1 aliphatic heterocycles. The second kappa shape index (κ2) is 8.03. The fourth-order valence-electron chi connectivity index (χ4n) is 3.17. The molecule has 1 N–H and O–H groups in total. The maximum atomic E-state index is 12.4. The van der Waals surface area contributed by atoms with Crippen LogP contribution in [0.15, 0.2) is 42.5 Å². The Bertz CT molecular complexity index is 1010. The summed E-state index contributed by atoms with van der Waals surface area (Å²) in [6, 6.07) is 10.4. The van der Waals surface area contributed by atoms with Gasteiger partial charge >= 0.3 is 6.36 Å². The predicted octanol–water partition coefficient (Wildman–Crippen LogP) is 3.08. The molecule has 6 nitrogen and oxygen atoms in total. The molecule has 0 saturated heterocycles. The van der Waals surface area contributed by atoms with Gasteiger partial charge in [-0.2, -0.15) is 4.31 Å². The Morgan fingerprint density at radius 1 is 1.17 bits per heavy atom. The maximum Gasteiger partial charge on any atom is 0.573 e. The molecule has 0 aromatic heterocycles. The largest absolute Gasteiger partial charge is 0.573 e. The Morgan fingerprint density at radius 2 is 1.86 bits per heavy atom. The van der Waals surface area contributed by atoms with Gasteiger partial charge in [-0.05, 0) is 41.3 Å². The number of halogens is 3. The van der Waals surface area contributed by atoms with E-state index < -0.39 is 16.4 Å². The smallest absolute Gasteiger partial charge is 0.406 e. The average Bonchev–Trinajstić information content (AvgIpc) is 2.61. The number of nitrogens with one attached hydrogen (secondary N) is 1. The van der Waals surface area contributed by atoms with Crippen molar-refractivity contribution in [1.82, 2.24) is 4.31 Å². The summed E-state index contributed by atoms with van der Waals surface area (Å²) in [6.45, 7) is 0.581. The molecule has 1 heterocycles. The zero-order valence-corrected chi connectivity index (χ0v) is 16.3. The number of alkyl halides is 3. The summed E-state index contributed by atoms with van der Waals surface area (Å²) in [7, 11) is -3.29. The summed E-state index contributed by atoms with van der Waals surface area (Å²) in [4.78, 5) is 12.4. The van der Waals surface area contributed by atoms with Crippen LogP contribution >= 0.6 is 0 Å². The number of anilines is 1. The van der Waals surface area contributed by atoms with Crippen LogP contribution in [0.2, 0.25) is 0 Å². The van der Waals surface area contributed by atoms with Gasteiger partial charge in [0.05, 0.1) is 12.7 Å². The van der Waals surface area contributed by atoms with E-state index in [-0.39, 0.29) is 24.6 Å². The zero-order valence-electron chi connectivity index (χ0n) is 15.5. The van der Waals surface area contributed by atoms with Crippen LogP contribution in [0.1, 0.15) is 16.7 Å². The highest BCUT2D eigenvalue weighted by Crippen LogP contribution is 2.28. The van der Waals surface area contributed by atoms with Gasteiger partial charge in [0.1, 0.15) is 5.75 Å². The van der Waals surface area contributed by atoms with Gasteiger partial charge in [-0.15, -0.1) is 13.2 Å². The Kier molecular flexibility index (Phi) is 5.85. The first-order valence-corrected chi connectivity index (χ1v) is 10.6. The molecule has 3 rings (SSSR count). The van der Waals surface area contributed by atoms with Gasteiger partial charge in [0, 0.05) is 18.8 Å².